The first-order valence-corrected chi connectivity index (χ1v) is 7.86. The summed E-state index contributed by atoms with van der Waals surface area (Å²) in [4.78, 5) is 27.0. The van der Waals surface area contributed by atoms with Crippen LogP contribution in [0.1, 0.15) is 42.9 Å². The minimum Gasteiger partial charge on any atom is -0.334 e. The van der Waals surface area contributed by atoms with Crippen LogP contribution in [0, 0.1) is 13.8 Å². The number of aryl methyl sites for hydroxylation is 2. The number of carbonyl (C=O) groups is 1. The number of aromatic nitrogens is 3. The highest BCUT2D eigenvalue weighted by atomic mass is 16.2. The maximum Gasteiger partial charge on any atom is 0.228 e. The normalized spacial score (nSPS) is 17.3. The first-order chi connectivity index (χ1) is 11.0. The number of nitrogens with one attached hydrogen (secondary N) is 1. The second-order valence-electron chi connectivity index (χ2n) is 5.92. The Morgan fingerprint density at radius 2 is 1.96 bits per heavy atom. The molecule has 1 saturated heterocycles. The van der Waals surface area contributed by atoms with Crippen molar-refractivity contribution in [2.24, 2.45) is 0 Å². The number of rotatable bonds is 3. The third-order valence-electron chi connectivity index (χ3n) is 3.99. The van der Waals surface area contributed by atoms with Crippen LogP contribution in [-0.4, -0.2) is 32.3 Å². The van der Waals surface area contributed by atoms with Gasteiger partial charge in [0.2, 0.25) is 11.9 Å². The number of hydrogen-bond acceptors (Lipinski definition) is 5. The maximum absolute atomic E-state index is 11.7. The Kier molecular flexibility index (Phi) is 4.23. The molecule has 3 heterocycles. The van der Waals surface area contributed by atoms with E-state index in [1.807, 2.05) is 43.0 Å². The van der Waals surface area contributed by atoms with Crippen LogP contribution in [0.3, 0.4) is 0 Å². The van der Waals surface area contributed by atoms with Crippen LogP contribution in [-0.2, 0) is 4.79 Å². The zero-order valence-corrected chi connectivity index (χ0v) is 13.7. The minimum absolute atomic E-state index is 0.0643. The molecule has 2 aromatic heterocycles. The molecule has 0 spiro atoms. The second-order valence-corrected chi connectivity index (χ2v) is 5.92. The third kappa shape index (κ3) is 3.47. The van der Waals surface area contributed by atoms with Crippen LogP contribution in [0.5, 0.6) is 0 Å². The molecule has 0 radical (unpaired) electrons. The van der Waals surface area contributed by atoms with Crippen molar-refractivity contribution >= 4 is 17.7 Å². The molecule has 3 rings (SSSR count). The van der Waals surface area contributed by atoms with Gasteiger partial charge in [-0.3, -0.25) is 4.79 Å². The summed E-state index contributed by atoms with van der Waals surface area (Å²) in [7, 11) is 0. The molecule has 6 nitrogen and oxygen atoms in total. The highest BCUT2D eigenvalue weighted by Crippen LogP contribution is 2.31. The summed E-state index contributed by atoms with van der Waals surface area (Å²) in [5.41, 5.74) is 2.73. The number of pyridine rings is 1. The van der Waals surface area contributed by atoms with Gasteiger partial charge in [-0.2, -0.15) is 0 Å². The fraction of sp³-hybridized carbons (Fsp3) is 0.412. The first-order valence-electron chi connectivity index (χ1n) is 7.86. The quantitative estimate of drug-likeness (QED) is 0.943. The van der Waals surface area contributed by atoms with Crippen LogP contribution in [0.15, 0.2) is 24.3 Å². The third-order valence-corrected chi connectivity index (χ3v) is 3.99. The molecule has 120 valence electrons. The molecule has 1 N–H and O–H groups in total. The summed E-state index contributed by atoms with van der Waals surface area (Å²) in [5.74, 6) is 1.34. The number of hydrogen-bond donors (Lipinski definition) is 1. The molecule has 0 aliphatic carbocycles. The van der Waals surface area contributed by atoms with Gasteiger partial charge in [0.25, 0.3) is 0 Å². The Morgan fingerprint density at radius 3 is 2.65 bits per heavy atom. The van der Waals surface area contributed by atoms with Gasteiger partial charge in [-0.05, 0) is 44.9 Å². The first kappa shape index (κ1) is 15.4. The molecule has 2 aromatic rings. The average molecular weight is 311 g/mol. The largest absolute Gasteiger partial charge is 0.334 e. The number of anilines is 2. The van der Waals surface area contributed by atoms with Crippen LogP contribution in [0.4, 0.5) is 11.8 Å². The molecule has 0 aromatic carbocycles. The predicted octanol–water partition coefficient (Wildman–Crippen LogP) is 2.92. The number of carbonyl (C=O) groups excluding carboxylic acids is 1. The van der Waals surface area contributed by atoms with Crippen molar-refractivity contribution in [1.82, 2.24) is 19.9 Å². The predicted molar refractivity (Wildman–Crippen MR) is 88.4 cm³/mol. The second kappa shape index (κ2) is 6.32. The van der Waals surface area contributed by atoms with Gasteiger partial charge in [-0.1, -0.05) is 6.07 Å². The Balaban J connectivity index is 1.84. The van der Waals surface area contributed by atoms with Crippen LogP contribution >= 0.6 is 0 Å². The van der Waals surface area contributed by atoms with E-state index in [9.17, 15) is 4.79 Å². The summed E-state index contributed by atoms with van der Waals surface area (Å²) in [6.45, 7) is 6.29. The Bertz CT molecular complexity index is 710. The average Bonchev–Trinajstić information content (AvgIpc) is 2.96. The zero-order chi connectivity index (χ0) is 16.4. The van der Waals surface area contributed by atoms with Gasteiger partial charge in [0.15, 0.2) is 0 Å². The molecule has 1 aliphatic rings. The van der Waals surface area contributed by atoms with Crippen LogP contribution < -0.4 is 5.32 Å². The highest BCUT2D eigenvalue weighted by molar-refractivity contribution is 5.74. The molecule has 23 heavy (non-hydrogen) atoms. The Labute approximate surface area is 136 Å². The molecule has 6 heteroatoms. The summed E-state index contributed by atoms with van der Waals surface area (Å²) in [5, 5.41) is 3.16. The lowest BCUT2D eigenvalue weighted by atomic mass is 10.1. The van der Waals surface area contributed by atoms with E-state index >= 15 is 0 Å². The summed E-state index contributed by atoms with van der Waals surface area (Å²) in [6, 6.07) is 7.80. The molecule has 1 aliphatic heterocycles. The Morgan fingerprint density at radius 1 is 1.22 bits per heavy atom. The fourth-order valence-electron chi connectivity index (χ4n) is 3.05. The van der Waals surface area contributed by atoms with E-state index < -0.39 is 0 Å². The molecule has 1 atom stereocenters. The van der Waals surface area contributed by atoms with Gasteiger partial charge in [-0.25, -0.2) is 15.0 Å². The summed E-state index contributed by atoms with van der Waals surface area (Å²) < 4.78 is 0. The van der Waals surface area contributed by atoms with Gasteiger partial charge in [0.05, 0.1) is 11.7 Å². The molecule has 0 bridgehead atoms. The number of amides is 1. The number of nitrogens with zero attached hydrogens (tertiary/aromatic N) is 4. The topological polar surface area (TPSA) is 71.0 Å². The van der Waals surface area contributed by atoms with E-state index in [4.69, 9.17) is 0 Å². The van der Waals surface area contributed by atoms with Crippen molar-refractivity contribution in [2.45, 2.75) is 39.7 Å². The molecule has 0 saturated carbocycles. The Hall–Kier alpha value is -2.50. The lowest BCUT2D eigenvalue weighted by Crippen LogP contribution is -2.28. The molecule has 1 unspecified atom stereocenters. The van der Waals surface area contributed by atoms with E-state index in [0.717, 1.165) is 36.5 Å². The van der Waals surface area contributed by atoms with Crippen molar-refractivity contribution in [3.8, 4) is 0 Å². The van der Waals surface area contributed by atoms with E-state index in [1.54, 1.807) is 6.92 Å². The summed E-state index contributed by atoms with van der Waals surface area (Å²) >= 11 is 0. The van der Waals surface area contributed by atoms with Crippen molar-refractivity contribution in [2.75, 3.05) is 11.9 Å². The van der Waals surface area contributed by atoms with Crippen molar-refractivity contribution in [1.29, 1.82) is 0 Å². The molecular formula is C17H21N5O. The molecular weight excluding hydrogens is 290 g/mol. The SMILES string of the molecule is CC(=O)N1CCCC1c1cccc(Nc2nc(C)cc(C)n2)n1. The van der Waals surface area contributed by atoms with E-state index in [1.165, 1.54) is 0 Å². The standard InChI is InChI=1S/C17H21N5O/c1-11-10-12(2)19-17(18-11)21-16-8-4-6-14(20-16)15-7-5-9-22(15)13(3)23/h4,6,8,10,15H,5,7,9H2,1-3H3,(H,18,19,20,21). The van der Waals surface area contributed by atoms with Gasteiger partial charge in [0, 0.05) is 24.9 Å². The van der Waals surface area contributed by atoms with Crippen LogP contribution in [0.25, 0.3) is 0 Å². The smallest absolute Gasteiger partial charge is 0.228 e. The van der Waals surface area contributed by atoms with Gasteiger partial charge in [0.1, 0.15) is 5.82 Å². The van der Waals surface area contributed by atoms with Gasteiger partial charge >= 0.3 is 0 Å². The summed E-state index contributed by atoms with van der Waals surface area (Å²) in [6.07, 6.45) is 1.97. The minimum atomic E-state index is 0.0643. The van der Waals surface area contributed by atoms with Gasteiger partial charge < -0.3 is 10.2 Å². The lowest BCUT2D eigenvalue weighted by Gasteiger charge is -2.23. The zero-order valence-electron chi connectivity index (χ0n) is 13.7. The van der Waals surface area contributed by atoms with E-state index in [-0.39, 0.29) is 11.9 Å². The fourth-order valence-corrected chi connectivity index (χ4v) is 3.05. The van der Waals surface area contributed by atoms with Crippen LogP contribution in [0.2, 0.25) is 0 Å². The lowest BCUT2D eigenvalue weighted by molar-refractivity contribution is -0.129. The van der Waals surface area contributed by atoms with E-state index in [0.29, 0.717) is 11.8 Å². The van der Waals surface area contributed by atoms with E-state index in [2.05, 4.69) is 20.3 Å². The highest BCUT2D eigenvalue weighted by Gasteiger charge is 2.28. The number of likely N-dealkylation sites (tertiary alicyclic amines) is 1. The molecule has 1 amide bonds. The van der Waals surface area contributed by atoms with Crippen molar-refractivity contribution < 1.29 is 4.79 Å². The monoisotopic (exact) mass is 311 g/mol. The molecule has 1 fully saturated rings. The maximum atomic E-state index is 11.7. The van der Waals surface area contributed by atoms with Crippen molar-refractivity contribution in [3.63, 3.8) is 0 Å². The van der Waals surface area contributed by atoms with Gasteiger partial charge in [-0.15, -0.1) is 0 Å². The van der Waals surface area contributed by atoms with Crippen molar-refractivity contribution in [3.05, 3.63) is 41.3 Å².